The fourth-order valence-corrected chi connectivity index (χ4v) is 2.17. The smallest absolute Gasteiger partial charge is 0.177 e. The Morgan fingerprint density at radius 3 is 2.54 bits per heavy atom. The van der Waals surface area contributed by atoms with Gasteiger partial charge >= 0.3 is 0 Å². The van der Waals surface area contributed by atoms with E-state index in [4.69, 9.17) is 5.73 Å². The van der Waals surface area contributed by atoms with Crippen LogP contribution in [0.5, 0.6) is 0 Å². The van der Waals surface area contributed by atoms with Gasteiger partial charge in [-0.05, 0) is 22.0 Å². The standard InChI is InChI=1S/C7H6BrF2NOS/c1-13(12)7-5(10)4(9)2-3(8)6(7)11/h2H,11H2,1H3. The summed E-state index contributed by atoms with van der Waals surface area (Å²) in [5.74, 6) is -2.21. The molecule has 1 rings (SSSR count). The molecule has 0 saturated heterocycles. The van der Waals surface area contributed by atoms with Crippen LogP contribution in [0.2, 0.25) is 0 Å². The van der Waals surface area contributed by atoms with E-state index in [2.05, 4.69) is 15.9 Å². The fraction of sp³-hybridized carbons (Fsp3) is 0.143. The number of rotatable bonds is 1. The maximum atomic E-state index is 13.0. The summed E-state index contributed by atoms with van der Waals surface area (Å²) >= 11 is 2.93. The molecule has 0 spiro atoms. The van der Waals surface area contributed by atoms with Gasteiger partial charge < -0.3 is 5.73 Å². The van der Waals surface area contributed by atoms with Crippen molar-refractivity contribution in [3.63, 3.8) is 0 Å². The van der Waals surface area contributed by atoms with Gasteiger partial charge in [0, 0.05) is 10.7 Å². The molecule has 72 valence electrons. The van der Waals surface area contributed by atoms with Crippen molar-refractivity contribution < 1.29 is 13.0 Å². The Labute approximate surface area is 84.7 Å². The van der Waals surface area contributed by atoms with E-state index >= 15 is 0 Å². The molecule has 1 aromatic carbocycles. The summed E-state index contributed by atoms with van der Waals surface area (Å²) in [6, 6.07) is 0.904. The highest BCUT2D eigenvalue weighted by Crippen LogP contribution is 2.29. The van der Waals surface area contributed by atoms with Crippen molar-refractivity contribution in [2.45, 2.75) is 4.90 Å². The molecule has 0 saturated carbocycles. The molecule has 13 heavy (non-hydrogen) atoms. The Balaban J connectivity index is 3.56. The van der Waals surface area contributed by atoms with E-state index < -0.39 is 22.4 Å². The topological polar surface area (TPSA) is 43.1 Å². The van der Waals surface area contributed by atoms with Gasteiger partial charge in [0.05, 0.1) is 16.5 Å². The highest BCUT2D eigenvalue weighted by Gasteiger charge is 2.17. The lowest BCUT2D eigenvalue weighted by molar-refractivity contribution is 0.490. The number of hydrogen-bond donors (Lipinski definition) is 1. The summed E-state index contributed by atoms with van der Waals surface area (Å²) in [6.45, 7) is 0. The maximum Gasteiger partial charge on any atom is 0.177 e. The average Bonchev–Trinajstić information content (AvgIpc) is 2.01. The van der Waals surface area contributed by atoms with Crippen LogP contribution in [0.25, 0.3) is 0 Å². The van der Waals surface area contributed by atoms with E-state index in [1.54, 1.807) is 0 Å². The quantitative estimate of drug-likeness (QED) is 0.627. The molecule has 0 heterocycles. The first-order chi connectivity index (χ1) is 5.95. The first-order valence-electron chi connectivity index (χ1n) is 3.21. The normalized spacial score (nSPS) is 12.9. The lowest BCUT2D eigenvalue weighted by atomic mass is 10.3. The molecule has 0 aliphatic heterocycles. The number of halogens is 3. The molecule has 0 aromatic heterocycles. The Morgan fingerprint density at radius 1 is 1.54 bits per heavy atom. The summed E-state index contributed by atoms with van der Waals surface area (Å²) < 4.78 is 37.0. The van der Waals surface area contributed by atoms with Crippen molar-refractivity contribution in [1.29, 1.82) is 0 Å². The molecule has 2 nitrogen and oxygen atoms in total. The Hall–Kier alpha value is -0.490. The van der Waals surface area contributed by atoms with Gasteiger partial charge in [-0.2, -0.15) is 0 Å². The molecule has 6 heteroatoms. The zero-order valence-corrected chi connectivity index (χ0v) is 9.01. The van der Waals surface area contributed by atoms with E-state index in [0.29, 0.717) is 0 Å². The predicted octanol–water partition coefficient (Wildman–Crippen LogP) is 2.05. The Bertz CT molecular complexity index is 357. The number of nitrogens with two attached hydrogens (primary N) is 1. The molecule has 0 fully saturated rings. The lowest BCUT2D eigenvalue weighted by Gasteiger charge is -2.06. The first-order valence-corrected chi connectivity index (χ1v) is 5.56. The van der Waals surface area contributed by atoms with Gasteiger partial charge in [0.2, 0.25) is 0 Å². The molecule has 1 aromatic rings. The fourth-order valence-electron chi connectivity index (χ4n) is 0.869. The molecule has 0 amide bonds. The number of hydrogen-bond acceptors (Lipinski definition) is 2. The van der Waals surface area contributed by atoms with Crippen molar-refractivity contribution in [2.75, 3.05) is 12.0 Å². The van der Waals surface area contributed by atoms with Crippen LogP contribution in [0.15, 0.2) is 15.4 Å². The zero-order chi connectivity index (χ0) is 10.2. The second kappa shape index (κ2) is 3.71. The average molecular weight is 270 g/mol. The summed E-state index contributed by atoms with van der Waals surface area (Å²) in [6.07, 6.45) is 1.24. The minimum Gasteiger partial charge on any atom is -0.397 e. The van der Waals surface area contributed by atoms with Crippen LogP contribution in [-0.2, 0) is 10.8 Å². The van der Waals surface area contributed by atoms with Crippen molar-refractivity contribution in [3.05, 3.63) is 22.2 Å². The number of nitrogen functional groups attached to an aromatic ring is 1. The van der Waals surface area contributed by atoms with E-state index in [1.807, 2.05) is 0 Å². The first kappa shape index (κ1) is 10.6. The van der Waals surface area contributed by atoms with Gasteiger partial charge in [0.15, 0.2) is 11.6 Å². The van der Waals surface area contributed by atoms with Crippen LogP contribution in [0.4, 0.5) is 14.5 Å². The van der Waals surface area contributed by atoms with Crippen LogP contribution in [0, 0.1) is 11.6 Å². The van der Waals surface area contributed by atoms with Crippen LogP contribution in [0.1, 0.15) is 0 Å². The van der Waals surface area contributed by atoms with Gasteiger partial charge in [-0.3, -0.25) is 4.21 Å². The highest BCUT2D eigenvalue weighted by atomic mass is 79.9. The third-order valence-electron chi connectivity index (χ3n) is 1.45. The van der Waals surface area contributed by atoms with Crippen molar-refractivity contribution >= 4 is 32.4 Å². The van der Waals surface area contributed by atoms with Crippen LogP contribution in [0.3, 0.4) is 0 Å². The number of benzene rings is 1. The maximum absolute atomic E-state index is 13.0. The van der Waals surface area contributed by atoms with E-state index in [0.717, 1.165) is 6.07 Å². The summed E-state index contributed by atoms with van der Waals surface area (Å²) in [4.78, 5) is -0.299. The van der Waals surface area contributed by atoms with Crippen molar-refractivity contribution in [2.24, 2.45) is 0 Å². The molecule has 0 aliphatic rings. The second-order valence-corrected chi connectivity index (χ2v) is 4.52. The lowest BCUT2D eigenvalue weighted by Crippen LogP contribution is -2.03. The molecule has 0 radical (unpaired) electrons. The Morgan fingerprint density at radius 2 is 2.08 bits per heavy atom. The second-order valence-electron chi connectivity index (χ2n) is 2.35. The van der Waals surface area contributed by atoms with E-state index in [-0.39, 0.29) is 15.1 Å². The van der Waals surface area contributed by atoms with Gasteiger partial charge in [0.1, 0.15) is 4.90 Å². The minimum absolute atomic E-state index is 0.0280. The van der Waals surface area contributed by atoms with E-state index in [9.17, 15) is 13.0 Å². The molecule has 2 N–H and O–H groups in total. The van der Waals surface area contributed by atoms with E-state index in [1.165, 1.54) is 6.26 Å². The SMILES string of the molecule is CS(=O)c1c(N)c(Br)cc(F)c1F. The Kier molecular flexibility index (Phi) is 3.02. The third kappa shape index (κ3) is 1.88. The monoisotopic (exact) mass is 269 g/mol. The molecule has 1 atom stereocenters. The van der Waals surface area contributed by atoms with Gasteiger partial charge in [0.25, 0.3) is 0 Å². The van der Waals surface area contributed by atoms with Crippen LogP contribution < -0.4 is 5.73 Å². The van der Waals surface area contributed by atoms with Gasteiger partial charge in [-0.25, -0.2) is 8.78 Å². The van der Waals surface area contributed by atoms with Crippen molar-refractivity contribution in [1.82, 2.24) is 0 Å². The van der Waals surface area contributed by atoms with Crippen LogP contribution >= 0.6 is 15.9 Å². The van der Waals surface area contributed by atoms with Gasteiger partial charge in [-0.1, -0.05) is 0 Å². The highest BCUT2D eigenvalue weighted by molar-refractivity contribution is 9.10. The summed E-state index contributed by atoms with van der Waals surface area (Å²) in [7, 11) is -1.64. The molecular weight excluding hydrogens is 264 g/mol. The molecule has 0 aliphatic carbocycles. The molecule has 0 bridgehead atoms. The number of anilines is 1. The van der Waals surface area contributed by atoms with Crippen molar-refractivity contribution in [3.8, 4) is 0 Å². The largest absolute Gasteiger partial charge is 0.397 e. The predicted molar refractivity (Wildman–Crippen MR) is 50.8 cm³/mol. The third-order valence-corrected chi connectivity index (χ3v) is 3.08. The van der Waals surface area contributed by atoms with Gasteiger partial charge in [-0.15, -0.1) is 0 Å². The molecule has 1 unspecified atom stereocenters. The zero-order valence-electron chi connectivity index (χ0n) is 6.61. The minimum atomic E-state index is -1.64. The summed E-state index contributed by atoms with van der Waals surface area (Å²) in [5.41, 5.74) is 5.38. The summed E-state index contributed by atoms with van der Waals surface area (Å²) in [5, 5.41) is 0. The molecular formula is C7H6BrF2NOS. The van der Waals surface area contributed by atoms with Crippen LogP contribution in [-0.4, -0.2) is 10.5 Å².